The Bertz CT molecular complexity index is 548. The van der Waals surface area contributed by atoms with Crippen LogP contribution in [0.15, 0.2) is 18.2 Å². The minimum Gasteiger partial charge on any atom is -0.398 e. The fourth-order valence-corrected chi connectivity index (χ4v) is 3.70. The number of anilines is 1. The maximum atomic E-state index is 12.8. The maximum absolute atomic E-state index is 12.8. The number of amides is 1. The summed E-state index contributed by atoms with van der Waals surface area (Å²) < 4.78 is 0. The highest BCUT2D eigenvalue weighted by molar-refractivity contribution is 6.31. The van der Waals surface area contributed by atoms with Gasteiger partial charge in [-0.05, 0) is 44.5 Å². The van der Waals surface area contributed by atoms with Gasteiger partial charge in [-0.15, -0.1) is 0 Å². The topological polar surface area (TPSA) is 49.6 Å². The van der Waals surface area contributed by atoms with Gasteiger partial charge in [0.1, 0.15) is 0 Å². The summed E-state index contributed by atoms with van der Waals surface area (Å²) in [6.07, 6.45) is 3.73. The van der Waals surface area contributed by atoms with Crippen LogP contribution in [0.5, 0.6) is 0 Å². The van der Waals surface area contributed by atoms with Crippen molar-refractivity contribution >= 4 is 23.2 Å². The SMILES string of the molecule is CC1CN2CCCCC2CN1C(=O)c1ccc(Cl)cc1N. The molecule has 0 aromatic heterocycles. The molecule has 1 amide bonds. The van der Waals surface area contributed by atoms with Crippen molar-refractivity contribution in [1.29, 1.82) is 0 Å². The van der Waals surface area contributed by atoms with Crippen LogP contribution in [0.25, 0.3) is 0 Å². The first-order valence-electron chi connectivity index (χ1n) is 7.66. The average Bonchev–Trinajstić information content (AvgIpc) is 2.46. The van der Waals surface area contributed by atoms with Crippen LogP contribution in [-0.4, -0.2) is 47.4 Å². The molecule has 0 spiro atoms. The summed E-state index contributed by atoms with van der Waals surface area (Å²) in [7, 11) is 0. The van der Waals surface area contributed by atoms with Gasteiger partial charge < -0.3 is 10.6 Å². The molecule has 4 nitrogen and oxygen atoms in total. The number of nitrogens with two attached hydrogens (primary N) is 1. The third-order valence-corrected chi connectivity index (χ3v) is 4.93. The molecule has 2 fully saturated rings. The van der Waals surface area contributed by atoms with Crippen molar-refractivity contribution in [3.63, 3.8) is 0 Å². The third-order valence-electron chi connectivity index (χ3n) is 4.69. The van der Waals surface area contributed by atoms with Gasteiger partial charge in [0.2, 0.25) is 0 Å². The fourth-order valence-electron chi connectivity index (χ4n) is 3.52. The van der Waals surface area contributed by atoms with Crippen LogP contribution in [0.1, 0.15) is 36.5 Å². The Morgan fingerprint density at radius 3 is 2.90 bits per heavy atom. The molecular weight excluding hydrogens is 286 g/mol. The molecule has 1 aromatic rings. The monoisotopic (exact) mass is 307 g/mol. The molecular formula is C16H22ClN3O. The highest BCUT2D eigenvalue weighted by Crippen LogP contribution is 2.27. The molecule has 0 saturated carbocycles. The number of carbonyl (C=O) groups is 1. The molecule has 2 unspecified atom stereocenters. The number of hydrogen-bond acceptors (Lipinski definition) is 3. The van der Waals surface area contributed by atoms with Gasteiger partial charge in [-0.25, -0.2) is 0 Å². The smallest absolute Gasteiger partial charge is 0.256 e. The lowest BCUT2D eigenvalue weighted by molar-refractivity contribution is 0.0152. The highest BCUT2D eigenvalue weighted by atomic mass is 35.5. The molecule has 0 aliphatic carbocycles. The number of piperazine rings is 1. The zero-order valence-electron chi connectivity index (χ0n) is 12.4. The van der Waals surface area contributed by atoms with E-state index in [4.69, 9.17) is 17.3 Å². The lowest BCUT2D eigenvalue weighted by Gasteiger charge is -2.47. The Balaban J connectivity index is 1.80. The molecule has 1 aromatic carbocycles. The van der Waals surface area contributed by atoms with Gasteiger partial charge in [0.05, 0.1) is 5.56 Å². The van der Waals surface area contributed by atoms with E-state index in [1.165, 1.54) is 25.8 Å². The first kappa shape index (κ1) is 14.7. The van der Waals surface area contributed by atoms with E-state index in [0.717, 1.165) is 13.1 Å². The number of rotatable bonds is 1. The quantitative estimate of drug-likeness (QED) is 0.811. The van der Waals surface area contributed by atoms with E-state index in [-0.39, 0.29) is 11.9 Å². The molecule has 2 aliphatic heterocycles. The molecule has 2 aliphatic rings. The van der Waals surface area contributed by atoms with Crippen molar-refractivity contribution in [3.05, 3.63) is 28.8 Å². The number of nitrogens with zero attached hydrogens (tertiary/aromatic N) is 2. The first-order chi connectivity index (χ1) is 10.1. The molecule has 2 atom stereocenters. The van der Waals surface area contributed by atoms with Crippen molar-refractivity contribution in [2.75, 3.05) is 25.4 Å². The zero-order valence-corrected chi connectivity index (χ0v) is 13.1. The largest absolute Gasteiger partial charge is 0.398 e. The summed E-state index contributed by atoms with van der Waals surface area (Å²) >= 11 is 5.92. The van der Waals surface area contributed by atoms with Crippen LogP contribution in [0.2, 0.25) is 5.02 Å². The van der Waals surface area contributed by atoms with Gasteiger partial charge >= 0.3 is 0 Å². The van der Waals surface area contributed by atoms with Gasteiger partial charge in [-0.1, -0.05) is 18.0 Å². The fraction of sp³-hybridized carbons (Fsp3) is 0.562. The lowest BCUT2D eigenvalue weighted by atomic mass is 9.96. The Hall–Kier alpha value is -1.26. The van der Waals surface area contributed by atoms with Crippen molar-refractivity contribution < 1.29 is 4.79 Å². The van der Waals surface area contributed by atoms with E-state index in [9.17, 15) is 4.79 Å². The second-order valence-electron chi connectivity index (χ2n) is 6.18. The number of hydrogen-bond donors (Lipinski definition) is 1. The van der Waals surface area contributed by atoms with E-state index < -0.39 is 0 Å². The minimum atomic E-state index is 0.0295. The molecule has 0 radical (unpaired) electrons. The van der Waals surface area contributed by atoms with E-state index in [1.54, 1.807) is 18.2 Å². The van der Waals surface area contributed by atoms with Crippen LogP contribution in [-0.2, 0) is 0 Å². The summed E-state index contributed by atoms with van der Waals surface area (Å²) in [5.41, 5.74) is 6.99. The lowest BCUT2D eigenvalue weighted by Crippen LogP contribution is -2.60. The first-order valence-corrected chi connectivity index (χ1v) is 8.04. The van der Waals surface area contributed by atoms with Crippen molar-refractivity contribution in [3.8, 4) is 0 Å². The Labute approximate surface area is 130 Å². The van der Waals surface area contributed by atoms with Gasteiger partial charge in [-0.3, -0.25) is 9.69 Å². The second kappa shape index (κ2) is 5.85. The van der Waals surface area contributed by atoms with Gasteiger partial charge in [0, 0.05) is 35.9 Å². The number of piperidine rings is 1. The van der Waals surface area contributed by atoms with Crippen LogP contribution in [0, 0.1) is 0 Å². The summed E-state index contributed by atoms with van der Waals surface area (Å²) in [6.45, 7) is 5.06. The number of benzene rings is 1. The van der Waals surface area contributed by atoms with Crippen LogP contribution >= 0.6 is 11.6 Å². The predicted molar refractivity (Wildman–Crippen MR) is 85.6 cm³/mol. The van der Waals surface area contributed by atoms with Gasteiger partial charge in [0.25, 0.3) is 5.91 Å². The molecule has 0 bridgehead atoms. The van der Waals surface area contributed by atoms with Gasteiger partial charge in [-0.2, -0.15) is 0 Å². The van der Waals surface area contributed by atoms with Gasteiger partial charge in [0.15, 0.2) is 0 Å². The van der Waals surface area contributed by atoms with E-state index in [2.05, 4.69) is 11.8 Å². The Kier molecular flexibility index (Phi) is 4.09. The molecule has 2 heterocycles. The number of nitrogen functional groups attached to an aromatic ring is 1. The standard InChI is InChI=1S/C16H22ClN3O/c1-11-9-19-7-3-2-4-13(19)10-20(11)16(21)14-6-5-12(17)8-15(14)18/h5-6,8,11,13H,2-4,7,9-10,18H2,1H3. The van der Waals surface area contributed by atoms with Crippen LogP contribution in [0.4, 0.5) is 5.69 Å². The average molecular weight is 308 g/mol. The van der Waals surface area contributed by atoms with Crippen molar-refractivity contribution in [2.45, 2.75) is 38.3 Å². The minimum absolute atomic E-state index is 0.0295. The number of halogens is 1. The number of fused-ring (bicyclic) bond motifs is 1. The molecule has 21 heavy (non-hydrogen) atoms. The Morgan fingerprint density at radius 2 is 2.14 bits per heavy atom. The third kappa shape index (κ3) is 2.87. The maximum Gasteiger partial charge on any atom is 0.256 e. The van der Waals surface area contributed by atoms with E-state index >= 15 is 0 Å². The molecule has 2 N–H and O–H groups in total. The summed E-state index contributed by atoms with van der Waals surface area (Å²) in [6, 6.07) is 5.84. The summed E-state index contributed by atoms with van der Waals surface area (Å²) in [5, 5.41) is 0.564. The predicted octanol–water partition coefficient (Wildman–Crippen LogP) is 2.62. The van der Waals surface area contributed by atoms with Crippen molar-refractivity contribution in [1.82, 2.24) is 9.80 Å². The molecule has 114 valence electrons. The molecule has 3 rings (SSSR count). The van der Waals surface area contributed by atoms with Crippen LogP contribution < -0.4 is 5.73 Å². The molecule has 5 heteroatoms. The van der Waals surface area contributed by atoms with Crippen molar-refractivity contribution in [2.24, 2.45) is 0 Å². The Morgan fingerprint density at radius 1 is 1.33 bits per heavy atom. The normalized spacial score (nSPS) is 26.5. The summed E-state index contributed by atoms with van der Waals surface area (Å²) in [4.78, 5) is 17.3. The zero-order chi connectivity index (χ0) is 15.0. The van der Waals surface area contributed by atoms with E-state index in [1.807, 2.05) is 4.90 Å². The highest BCUT2D eigenvalue weighted by Gasteiger charge is 2.35. The number of carbonyl (C=O) groups excluding carboxylic acids is 1. The second-order valence-corrected chi connectivity index (χ2v) is 6.62. The summed E-state index contributed by atoms with van der Waals surface area (Å²) in [5.74, 6) is 0.0295. The van der Waals surface area contributed by atoms with E-state index in [0.29, 0.717) is 22.3 Å². The molecule has 2 saturated heterocycles. The van der Waals surface area contributed by atoms with Crippen LogP contribution in [0.3, 0.4) is 0 Å².